The first-order valence-electron chi connectivity index (χ1n) is 16.8. The summed E-state index contributed by atoms with van der Waals surface area (Å²) >= 11 is 0. The number of para-hydroxylation sites is 1. The van der Waals surface area contributed by atoms with Crippen molar-refractivity contribution in [3.05, 3.63) is 174 Å². The minimum Gasteiger partial charge on any atom is -0.456 e. The molecule has 0 radical (unpaired) electrons. The number of aryl methyl sites for hydroxylation is 1. The first-order chi connectivity index (χ1) is 23.8. The first-order valence-corrected chi connectivity index (χ1v) is 16.8. The van der Waals surface area contributed by atoms with E-state index in [2.05, 4.69) is 167 Å². The van der Waals surface area contributed by atoms with Crippen LogP contribution in [0.15, 0.2) is 156 Å². The second kappa shape index (κ2) is 10.9. The van der Waals surface area contributed by atoms with Crippen LogP contribution < -0.4 is 10.6 Å². The van der Waals surface area contributed by atoms with Gasteiger partial charge in [0.05, 0.1) is 11.6 Å². The van der Waals surface area contributed by atoms with Gasteiger partial charge in [0.25, 0.3) is 0 Å². The standard InChI is InChI=1S/C44H33N3O/c1-2-11-28(12-3-1)29-21-23-30(24-22-29)43-34-15-4-7-17-37(34)45-44(46-43)36-16-10-20-40-42(36)35-26-25-31(27-41(35)48-40)47-38-18-8-5-13-32(38)33-14-6-9-19-39(33)47/h1-5,7-13,15-27,37,44-46H,6,14H2. The Morgan fingerprint density at radius 1 is 0.688 bits per heavy atom. The van der Waals surface area contributed by atoms with Crippen molar-refractivity contribution in [2.45, 2.75) is 25.0 Å². The Labute approximate surface area is 279 Å². The number of benzene rings is 5. The third-order valence-corrected chi connectivity index (χ3v) is 10.2. The Balaban J connectivity index is 1.07. The van der Waals surface area contributed by atoms with Gasteiger partial charge in [-0.05, 0) is 71.0 Å². The van der Waals surface area contributed by atoms with E-state index < -0.39 is 0 Å². The fourth-order valence-electron chi connectivity index (χ4n) is 7.94. The first kappa shape index (κ1) is 27.3. The minimum atomic E-state index is -0.117. The van der Waals surface area contributed by atoms with Crippen molar-refractivity contribution in [3.8, 4) is 16.8 Å². The average Bonchev–Trinajstić information content (AvgIpc) is 3.70. The monoisotopic (exact) mass is 619 g/mol. The van der Waals surface area contributed by atoms with Crippen LogP contribution in [0, 0.1) is 0 Å². The van der Waals surface area contributed by atoms with Crippen LogP contribution >= 0.6 is 0 Å². The van der Waals surface area contributed by atoms with Gasteiger partial charge in [-0.1, -0.05) is 115 Å². The molecule has 1 aliphatic heterocycles. The molecule has 2 aliphatic carbocycles. The fourth-order valence-corrected chi connectivity index (χ4v) is 7.94. The van der Waals surface area contributed by atoms with Gasteiger partial charge >= 0.3 is 0 Å². The summed E-state index contributed by atoms with van der Waals surface area (Å²) in [4.78, 5) is 0. The van der Waals surface area contributed by atoms with E-state index in [1.165, 1.54) is 50.0 Å². The number of hydrogen-bond donors (Lipinski definition) is 2. The highest BCUT2D eigenvalue weighted by atomic mass is 16.3. The van der Waals surface area contributed by atoms with Gasteiger partial charge in [0.15, 0.2) is 0 Å². The molecule has 0 saturated carbocycles. The van der Waals surface area contributed by atoms with E-state index in [0.717, 1.165) is 46.2 Å². The van der Waals surface area contributed by atoms with Crippen LogP contribution in [-0.4, -0.2) is 10.6 Å². The number of rotatable bonds is 4. The molecule has 230 valence electrons. The van der Waals surface area contributed by atoms with Crippen molar-refractivity contribution in [2.75, 3.05) is 0 Å². The SMILES string of the molecule is C1=CC2=C(c3ccc(-c4ccccc4)cc3)NC(c3cccc4oc5cc(-n6c7c(c8ccccc86)CCC=C7)ccc5c34)NC2C=C1. The second-order valence-corrected chi connectivity index (χ2v) is 12.9. The highest BCUT2D eigenvalue weighted by Gasteiger charge is 2.30. The number of nitrogens with one attached hydrogen (secondary N) is 2. The summed E-state index contributed by atoms with van der Waals surface area (Å²) in [6, 6.07) is 41.4. The van der Waals surface area contributed by atoms with Crippen LogP contribution in [0.25, 0.3) is 61.4 Å². The summed E-state index contributed by atoms with van der Waals surface area (Å²) in [7, 11) is 0. The Morgan fingerprint density at radius 3 is 2.44 bits per heavy atom. The van der Waals surface area contributed by atoms with Crippen molar-refractivity contribution in [1.82, 2.24) is 15.2 Å². The highest BCUT2D eigenvalue weighted by molar-refractivity contribution is 6.07. The van der Waals surface area contributed by atoms with Gasteiger partial charge in [-0.25, -0.2) is 0 Å². The largest absolute Gasteiger partial charge is 0.456 e. The number of allylic oxidation sites excluding steroid dienone is 3. The maximum atomic E-state index is 6.63. The molecular formula is C44H33N3O. The lowest BCUT2D eigenvalue weighted by Crippen LogP contribution is -2.45. The van der Waals surface area contributed by atoms with E-state index in [9.17, 15) is 0 Å². The predicted molar refractivity (Wildman–Crippen MR) is 198 cm³/mol. The van der Waals surface area contributed by atoms with Crippen LogP contribution in [0.2, 0.25) is 0 Å². The van der Waals surface area contributed by atoms with Crippen molar-refractivity contribution < 1.29 is 4.42 Å². The van der Waals surface area contributed by atoms with Crippen LogP contribution in [0.5, 0.6) is 0 Å². The summed E-state index contributed by atoms with van der Waals surface area (Å²) < 4.78 is 9.02. The number of fused-ring (bicyclic) bond motifs is 7. The van der Waals surface area contributed by atoms with E-state index in [1.54, 1.807) is 0 Å². The van der Waals surface area contributed by atoms with Gasteiger partial charge in [-0.3, -0.25) is 5.32 Å². The molecular weight excluding hydrogens is 587 g/mol. The summed E-state index contributed by atoms with van der Waals surface area (Å²) in [5.74, 6) is 0. The molecule has 7 aromatic rings. The summed E-state index contributed by atoms with van der Waals surface area (Å²) in [5.41, 5.74) is 14.0. The Hall–Kier alpha value is -5.84. The van der Waals surface area contributed by atoms with Gasteiger partial charge in [-0.2, -0.15) is 0 Å². The highest BCUT2D eigenvalue weighted by Crippen LogP contribution is 2.40. The van der Waals surface area contributed by atoms with Gasteiger partial charge in [0.2, 0.25) is 0 Å². The molecule has 3 aliphatic rings. The molecule has 0 amide bonds. The molecule has 2 N–H and O–H groups in total. The topological polar surface area (TPSA) is 42.1 Å². The van der Waals surface area contributed by atoms with E-state index in [0.29, 0.717) is 0 Å². The van der Waals surface area contributed by atoms with Crippen molar-refractivity contribution in [1.29, 1.82) is 0 Å². The molecule has 4 nitrogen and oxygen atoms in total. The van der Waals surface area contributed by atoms with Crippen LogP contribution in [-0.2, 0) is 6.42 Å². The van der Waals surface area contributed by atoms with E-state index in [-0.39, 0.29) is 12.2 Å². The summed E-state index contributed by atoms with van der Waals surface area (Å²) in [6.45, 7) is 0. The zero-order chi connectivity index (χ0) is 31.6. The zero-order valence-corrected chi connectivity index (χ0v) is 26.4. The maximum absolute atomic E-state index is 6.63. The lowest BCUT2D eigenvalue weighted by molar-refractivity contribution is 0.462. The molecule has 5 aromatic carbocycles. The third kappa shape index (κ3) is 4.27. The number of hydrogen-bond acceptors (Lipinski definition) is 3. The minimum absolute atomic E-state index is 0.0892. The van der Waals surface area contributed by atoms with Gasteiger partial charge < -0.3 is 14.3 Å². The second-order valence-electron chi connectivity index (χ2n) is 12.9. The van der Waals surface area contributed by atoms with E-state index in [1.807, 2.05) is 0 Å². The van der Waals surface area contributed by atoms with Gasteiger partial charge in [-0.15, -0.1) is 0 Å². The molecule has 10 rings (SSSR count). The number of furan rings is 1. The van der Waals surface area contributed by atoms with Crippen LogP contribution in [0.1, 0.15) is 35.0 Å². The van der Waals surface area contributed by atoms with Crippen molar-refractivity contribution >= 4 is 44.6 Å². The molecule has 0 saturated heterocycles. The zero-order valence-electron chi connectivity index (χ0n) is 26.4. The molecule has 0 bridgehead atoms. The lowest BCUT2D eigenvalue weighted by Gasteiger charge is -2.36. The third-order valence-electron chi connectivity index (χ3n) is 10.2. The van der Waals surface area contributed by atoms with Crippen LogP contribution in [0.3, 0.4) is 0 Å². The normalized spacial score (nSPS) is 18.4. The quantitative estimate of drug-likeness (QED) is 0.206. The van der Waals surface area contributed by atoms with E-state index in [4.69, 9.17) is 4.42 Å². The summed E-state index contributed by atoms with van der Waals surface area (Å²) in [5, 5.41) is 11.4. The molecule has 2 aromatic heterocycles. The van der Waals surface area contributed by atoms with Gasteiger partial charge in [0, 0.05) is 44.9 Å². The van der Waals surface area contributed by atoms with E-state index >= 15 is 0 Å². The number of nitrogens with zero attached hydrogens (tertiary/aromatic N) is 1. The molecule has 48 heavy (non-hydrogen) atoms. The molecule has 4 heteroatoms. The predicted octanol–water partition coefficient (Wildman–Crippen LogP) is 10.3. The molecule has 3 heterocycles. The van der Waals surface area contributed by atoms with Crippen LogP contribution in [0.4, 0.5) is 0 Å². The smallest absolute Gasteiger partial charge is 0.137 e. The van der Waals surface area contributed by atoms with Crippen molar-refractivity contribution in [3.63, 3.8) is 0 Å². The Morgan fingerprint density at radius 2 is 1.52 bits per heavy atom. The molecule has 2 unspecified atom stereocenters. The molecule has 0 fully saturated rings. The summed E-state index contributed by atoms with van der Waals surface area (Å²) in [6.07, 6.45) is 15.3. The maximum Gasteiger partial charge on any atom is 0.137 e. The lowest BCUT2D eigenvalue weighted by atomic mass is 9.91. The van der Waals surface area contributed by atoms with Crippen molar-refractivity contribution in [2.24, 2.45) is 0 Å². The fraction of sp³-hybridized carbons (Fsp3) is 0.0909. The number of aromatic nitrogens is 1. The average molecular weight is 620 g/mol. The Kier molecular flexibility index (Phi) is 6.18. The molecule has 2 atom stereocenters. The molecule has 0 spiro atoms. The Bertz CT molecular complexity index is 2510. The van der Waals surface area contributed by atoms with Gasteiger partial charge in [0.1, 0.15) is 17.3 Å².